The van der Waals surface area contributed by atoms with Gasteiger partial charge in [-0.1, -0.05) is 31.5 Å². The summed E-state index contributed by atoms with van der Waals surface area (Å²) in [7, 11) is 0. The highest BCUT2D eigenvalue weighted by Crippen LogP contribution is 2.18. The Morgan fingerprint density at radius 2 is 1.76 bits per heavy atom. The molecule has 1 aromatic heterocycles. The van der Waals surface area contributed by atoms with Gasteiger partial charge in [0.2, 0.25) is 0 Å². The van der Waals surface area contributed by atoms with Crippen LogP contribution in [-0.4, -0.2) is 48.6 Å². The average Bonchev–Trinajstić information content (AvgIpc) is 2.69. The quantitative estimate of drug-likeness (QED) is 0.819. The molecular weight excluding hydrogens is 314 g/mol. The Bertz CT molecular complexity index is 666. The molecule has 2 aromatic rings. The van der Waals surface area contributed by atoms with E-state index in [1.165, 1.54) is 5.69 Å². The number of nitrogens with zero attached hydrogens (tertiary/aromatic N) is 4. The van der Waals surface area contributed by atoms with E-state index in [1.54, 1.807) is 12.4 Å². The summed E-state index contributed by atoms with van der Waals surface area (Å²) < 4.78 is 0. The molecule has 1 aromatic carbocycles. The molecule has 25 heavy (non-hydrogen) atoms. The van der Waals surface area contributed by atoms with Crippen molar-refractivity contribution in [3.05, 3.63) is 48.4 Å². The van der Waals surface area contributed by atoms with Crippen molar-refractivity contribution >= 4 is 17.4 Å². The van der Waals surface area contributed by atoms with Gasteiger partial charge in [-0.3, -0.25) is 4.79 Å². The molecule has 0 unspecified atom stereocenters. The first-order valence-corrected chi connectivity index (χ1v) is 8.93. The Hall–Kier alpha value is -2.63. The number of piperazine rings is 1. The predicted octanol–water partition coefficient (Wildman–Crippen LogP) is 2.33. The van der Waals surface area contributed by atoms with Crippen molar-refractivity contribution < 1.29 is 4.79 Å². The van der Waals surface area contributed by atoms with Crippen LogP contribution in [0, 0.1) is 0 Å². The summed E-state index contributed by atoms with van der Waals surface area (Å²) in [6.45, 7) is 6.46. The lowest BCUT2D eigenvalue weighted by atomic mass is 10.2. The smallest absolute Gasteiger partial charge is 0.271 e. The number of unbranched alkanes of at least 4 members (excludes halogenated alkanes) is 1. The van der Waals surface area contributed by atoms with E-state index in [0.29, 0.717) is 12.2 Å². The molecule has 0 aliphatic carbocycles. The van der Waals surface area contributed by atoms with Crippen LogP contribution in [0.2, 0.25) is 0 Å². The maximum Gasteiger partial charge on any atom is 0.271 e. The topological polar surface area (TPSA) is 61.4 Å². The normalized spacial score (nSPS) is 14.4. The highest BCUT2D eigenvalue weighted by molar-refractivity contribution is 5.91. The first-order chi connectivity index (χ1) is 12.3. The van der Waals surface area contributed by atoms with Crippen molar-refractivity contribution in [3.63, 3.8) is 0 Å². The molecule has 0 saturated carbocycles. The number of para-hydroxylation sites is 1. The molecule has 0 atom stereocenters. The SMILES string of the molecule is CCCCNC(=O)c1cnc(N2CCN(c3ccccc3)CC2)cn1. The minimum atomic E-state index is -0.151. The van der Waals surface area contributed by atoms with E-state index in [2.05, 4.69) is 56.3 Å². The van der Waals surface area contributed by atoms with Crippen LogP contribution in [0.15, 0.2) is 42.7 Å². The Kier molecular flexibility index (Phi) is 5.82. The predicted molar refractivity (Wildman–Crippen MR) is 100 cm³/mol. The third kappa shape index (κ3) is 4.47. The van der Waals surface area contributed by atoms with Gasteiger partial charge >= 0.3 is 0 Å². The van der Waals surface area contributed by atoms with Crippen LogP contribution >= 0.6 is 0 Å². The van der Waals surface area contributed by atoms with E-state index in [0.717, 1.165) is 44.8 Å². The number of hydrogen-bond donors (Lipinski definition) is 1. The third-order valence-electron chi connectivity index (χ3n) is 4.41. The summed E-state index contributed by atoms with van der Waals surface area (Å²) >= 11 is 0. The lowest BCUT2D eigenvalue weighted by molar-refractivity contribution is 0.0948. The molecule has 0 bridgehead atoms. The first kappa shape index (κ1) is 17.2. The molecule has 6 nitrogen and oxygen atoms in total. The molecule has 1 fully saturated rings. The summed E-state index contributed by atoms with van der Waals surface area (Å²) in [6.07, 6.45) is 5.30. The van der Waals surface area contributed by atoms with Crippen LogP contribution in [0.25, 0.3) is 0 Å². The zero-order valence-electron chi connectivity index (χ0n) is 14.7. The van der Waals surface area contributed by atoms with Gasteiger partial charge in [0.25, 0.3) is 5.91 Å². The number of aromatic nitrogens is 2. The monoisotopic (exact) mass is 339 g/mol. The average molecular weight is 339 g/mol. The van der Waals surface area contributed by atoms with E-state index in [9.17, 15) is 4.79 Å². The van der Waals surface area contributed by atoms with Crippen LogP contribution in [0.4, 0.5) is 11.5 Å². The Balaban J connectivity index is 1.54. The zero-order chi connectivity index (χ0) is 17.5. The molecule has 1 aliphatic rings. The molecular formula is C19H25N5O. The molecule has 2 heterocycles. The maximum atomic E-state index is 12.0. The molecule has 3 rings (SSSR count). The van der Waals surface area contributed by atoms with Gasteiger partial charge in [0.05, 0.1) is 12.4 Å². The van der Waals surface area contributed by atoms with Gasteiger partial charge in [0.15, 0.2) is 0 Å². The fraction of sp³-hybridized carbons (Fsp3) is 0.421. The van der Waals surface area contributed by atoms with Crippen molar-refractivity contribution in [3.8, 4) is 0 Å². The van der Waals surface area contributed by atoms with Gasteiger partial charge in [0.1, 0.15) is 11.5 Å². The summed E-state index contributed by atoms with van der Waals surface area (Å²) in [5.41, 5.74) is 1.63. The number of nitrogens with one attached hydrogen (secondary N) is 1. The Morgan fingerprint density at radius 1 is 1.04 bits per heavy atom. The van der Waals surface area contributed by atoms with Gasteiger partial charge in [0, 0.05) is 38.4 Å². The summed E-state index contributed by atoms with van der Waals surface area (Å²) in [6, 6.07) is 10.5. The van der Waals surface area contributed by atoms with Crippen LogP contribution in [0.3, 0.4) is 0 Å². The van der Waals surface area contributed by atoms with Crippen LogP contribution < -0.4 is 15.1 Å². The summed E-state index contributed by atoms with van der Waals surface area (Å²) in [5, 5.41) is 2.86. The summed E-state index contributed by atoms with van der Waals surface area (Å²) in [5.74, 6) is 0.680. The number of rotatable bonds is 6. The number of benzene rings is 1. The first-order valence-electron chi connectivity index (χ1n) is 8.93. The summed E-state index contributed by atoms with van der Waals surface area (Å²) in [4.78, 5) is 25.3. The van der Waals surface area contributed by atoms with Crippen LogP contribution in [0.5, 0.6) is 0 Å². The molecule has 132 valence electrons. The van der Waals surface area contributed by atoms with Gasteiger partial charge in [-0.2, -0.15) is 0 Å². The second-order valence-corrected chi connectivity index (χ2v) is 6.18. The second-order valence-electron chi connectivity index (χ2n) is 6.18. The number of hydrogen-bond acceptors (Lipinski definition) is 5. The molecule has 6 heteroatoms. The Morgan fingerprint density at radius 3 is 2.40 bits per heavy atom. The van der Waals surface area contributed by atoms with Gasteiger partial charge in [-0.25, -0.2) is 9.97 Å². The minimum Gasteiger partial charge on any atom is -0.368 e. The highest BCUT2D eigenvalue weighted by atomic mass is 16.1. The van der Waals surface area contributed by atoms with Crippen molar-refractivity contribution in [2.24, 2.45) is 0 Å². The fourth-order valence-electron chi connectivity index (χ4n) is 2.90. The van der Waals surface area contributed by atoms with E-state index in [1.807, 2.05) is 6.07 Å². The standard InChI is InChI=1S/C19H25N5O/c1-2-3-9-20-19(25)17-14-22-18(15-21-17)24-12-10-23(11-13-24)16-7-5-4-6-8-16/h4-8,14-15H,2-3,9-13H2,1H3,(H,20,25). The fourth-order valence-corrected chi connectivity index (χ4v) is 2.90. The number of anilines is 2. The van der Waals surface area contributed by atoms with E-state index in [-0.39, 0.29) is 5.91 Å². The van der Waals surface area contributed by atoms with E-state index in [4.69, 9.17) is 0 Å². The van der Waals surface area contributed by atoms with E-state index >= 15 is 0 Å². The minimum absolute atomic E-state index is 0.151. The zero-order valence-corrected chi connectivity index (χ0v) is 14.7. The van der Waals surface area contributed by atoms with Gasteiger partial charge in [-0.05, 0) is 18.6 Å². The van der Waals surface area contributed by atoms with Crippen molar-refractivity contribution in [2.45, 2.75) is 19.8 Å². The van der Waals surface area contributed by atoms with Crippen LogP contribution in [-0.2, 0) is 0 Å². The van der Waals surface area contributed by atoms with Crippen molar-refractivity contribution in [1.82, 2.24) is 15.3 Å². The second kappa shape index (κ2) is 8.46. The lowest BCUT2D eigenvalue weighted by Crippen LogP contribution is -2.46. The molecule has 1 aliphatic heterocycles. The highest BCUT2D eigenvalue weighted by Gasteiger charge is 2.19. The lowest BCUT2D eigenvalue weighted by Gasteiger charge is -2.36. The maximum absolute atomic E-state index is 12.0. The Labute approximate surface area is 148 Å². The van der Waals surface area contributed by atoms with Crippen molar-refractivity contribution in [2.75, 3.05) is 42.5 Å². The molecule has 1 saturated heterocycles. The van der Waals surface area contributed by atoms with Gasteiger partial charge in [-0.15, -0.1) is 0 Å². The molecule has 1 amide bonds. The molecule has 0 radical (unpaired) electrons. The van der Waals surface area contributed by atoms with Gasteiger partial charge < -0.3 is 15.1 Å². The third-order valence-corrected chi connectivity index (χ3v) is 4.41. The van der Waals surface area contributed by atoms with Crippen molar-refractivity contribution in [1.29, 1.82) is 0 Å². The number of amides is 1. The molecule has 0 spiro atoms. The van der Waals surface area contributed by atoms with E-state index < -0.39 is 0 Å². The van der Waals surface area contributed by atoms with Crippen LogP contribution in [0.1, 0.15) is 30.3 Å². The molecule has 1 N–H and O–H groups in total. The number of carbonyl (C=O) groups excluding carboxylic acids is 1. The largest absolute Gasteiger partial charge is 0.368 e. The number of carbonyl (C=O) groups is 1.